The minimum absolute atomic E-state index is 0.0621. The Hall–Kier alpha value is -2.16. The molecule has 0 radical (unpaired) electrons. The molecule has 2 aliphatic carbocycles. The molecule has 2 saturated carbocycles. The summed E-state index contributed by atoms with van der Waals surface area (Å²) in [7, 11) is 0. The Morgan fingerprint density at radius 3 is 2.09 bits per heavy atom. The van der Waals surface area contributed by atoms with Crippen LogP contribution in [0.4, 0.5) is 4.39 Å². The van der Waals surface area contributed by atoms with Gasteiger partial charge in [0.1, 0.15) is 0 Å². The monoisotopic (exact) mass is 478 g/mol. The Bertz CT molecular complexity index is 964. The Morgan fingerprint density at radius 2 is 1.49 bits per heavy atom. The highest BCUT2D eigenvalue weighted by molar-refractivity contribution is 5.99. The van der Waals surface area contributed by atoms with Crippen LogP contribution >= 0.6 is 0 Å². The number of rotatable bonds is 9. The zero-order valence-corrected chi connectivity index (χ0v) is 21.7. The van der Waals surface area contributed by atoms with Crippen molar-refractivity contribution in [3.05, 3.63) is 53.3 Å². The molecule has 0 unspecified atom stereocenters. The quantitative estimate of drug-likeness (QED) is 0.288. The molecule has 2 aromatic carbocycles. The molecule has 0 aliphatic heterocycles. The fraction of sp³-hybridized carbons (Fsp3) is 0.594. The van der Waals surface area contributed by atoms with E-state index >= 15 is 0 Å². The summed E-state index contributed by atoms with van der Waals surface area (Å²) in [6.07, 6.45) is 16.8. The van der Waals surface area contributed by atoms with Crippen molar-refractivity contribution >= 4 is 5.78 Å². The van der Waals surface area contributed by atoms with E-state index < -0.39 is 11.6 Å². The lowest BCUT2D eigenvalue weighted by Crippen LogP contribution is -2.25. The van der Waals surface area contributed by atoms with Gasteiger partial charge in [0.15, 0.2) is 17.3 Å². The van der Waals surface area contributed by atoms with E-state index in [4.69, 9.17) is 0 Å². The molecule has 0 amide bonds. The number of unbranched alkanes of at least 4 members (excludes halogenated alkanes) is 2. The molecule has 0 spiro atoms. The van der Waals surface area contributed by atoms with Crippen molar-refractivity contribution in [2.24, 2.45) is 17.8 Å². The fourth-order valence-electron chi connectivity index (χ4n) is 6.69. The number of halogens is 1. The molecule has 190 valence electrons. The minimum Gasteiger partial charge on any atom is -0.504 e. The molecule has 3 heteroatoms. The van der Waals surface area contributed by atoms with Crippen molar-refractivity contribution in [3.63, 3.8) is 0 Å². The van der Waals surface area contributed by atoms with Crippen molar-refractivity contribution in [1.82, 2.24) is 0 Å². The summed E-state index contributed by atoms with van der Waals surface area (Å²) in [5, 5.41) is 10.2. The van der Waals surface area contributed by atoms with Gasteiger partial charge >= 0.3 is 0 Å². The number of hydrogen-bond donors (Lipinski definition) is 1. The third kappa shape index (κ3) is 6.16. The summed E-state index contributed by atoms with van der Waals surface area (Å²) in [5.74, 6) is 1.93. The van der Waals surface area contributed by atoms with Crippen molar-refractivity contribution in [2.45, 2.75) is 103 Å². The number of Topliss-reactive ketones (excluding diaryl/α,β-unsaturated/α-hetero) is 1. The van der Waals surface area contributed by atoms with Gasteiger partial charge in [0, 0.05) is 12.0 Å². The molecular weight excluding hydrogens is 435 g/mol. The number of hydrogen-bond acceptors (Lipinski definition) is 2. The maximum absolute atomic E-state index is 14.8. The van der Waals surface area contributed by atoms with Crippen LogP contribution in [0.2, 0.25) is 0 Å². The second kappa shape index (κ2) is 12.2. The lowest BCUT2D eigenvalue weighted by Gasteiger charge is -2.38. The first-order valence-electron chi connectivity index (χ1n) is 14.2. The van der Waals surface area contributed by atoms with E-state index in [1.807, 2.05) is 12.1 Å². The van der Waals surface area contributed by atoms with Crippen LogP contribution in [0.3, 0.4) is 0 Å². The van der Waals surface area contributed by atoms with Crippen LogP contribution in [0.1, 0.15) is 119 Å². The first-order valence-corrected chi connectivity index (χ1v) is 14.2. The predicted octanol–water partition coefficient (Wildman–Crippen LogP) is 9.45. The largest absolute Gasteiger partial charge is 0.504 e. The van der Waals surface area contributed by atoms with Crippen molar-refractivity contribution in [1.29, 1.82) is 0 Å². The fourth-order valence-corrected chi connectivity index (χ4v) is 6.69. The van der Waals surface area contributed by atoms with Crippen LogP contribution in [0.5, 0.6) is 5.75 Å². The molecule has 2 aliphatic rings. The van der Waals surface area contributed by atoms with Crippen LogP contribution in [-0.4, -0.2) is 10.9 Å². The van der Waals surface area contributed by atoms with Crippen LogP contribution in [-0.2, 0) is 0 Å². The van der Waals surface area contributed by atoms with Gasteiger partial charge in [-0.25, -0.2) is 4.39 Å². The molecule has 4 rings (SSSR count). The van der Waals surface area contributed by atoms with E-state index in [0.29, 0.717) is 11.5 Å². The maximum Gasteiger partial charge on any atom is 0.173 e. The zero-order valence-electron chi connectivity index (χ0n) is 21.7. The number of phenolic OH excluding ortho intramolecular Hbond substituents is 1. The summed E-state index contributed by atoms with van der Waals surface area (Å²) >= 11 is 0. The van der Waals surface area contributed by atoms with Gasteiger partial charge < -0.3 is 5.11 Å². The molecule has 2 nitrogen and oxygen atoms in total. The number of ketones is 1. The van der Waals surface area contributed by atoms with Crippen molar-refractivity contribution < 1.29 is 14.3 Å². The standard InChI is InChI=1S/C32H43FO2/c1-3-5-6-7-22-8-10-23(11-9-22)24-12-14-25(15-13-24)26-16-18-27(19-17-26)28-20-21-29(30(34)4-2)32(35)31(28)33/h16-25,35H,3-15H2,1-2H3. The first-order chi connectivity index (χ1) is 17.0. The summed E-state index contributed by atoms with van der Waals surface area (Å²) in [6, 6.07) is 11.3. The van der Waals surface area contributed by atoms with Crippen molar-refractivity contribution in [3.8, 4) is 16.9 Å². The molecule has 2 fully saturated rings. The highest BCUT2D eigenvalue weighted by Gasteiger charge is 2.31. The topological polar surface area (TPSA) is 37.3 Å². The lowest BCUT2D eigenvalue weighted by molar-refractivity contribution is 0.0985. The number of carbonyl (C=O) groups is 1. The molecule has 1 N–H and O–H groups in total. The van der Waals surface area contributed by atoms with Gasteiger partial charge in [-0.2, -0.15) is 0 Å². The summed E-state index contributed by atoms with van der Waals surface area (Å²) in [6.45, 7) is 4.00. The summed E-state index contributed by atoms with van der Waals surface area (Å²) in [4.78, 5) is 11.9. The van der Waals surface area contributed by atoms with Crippen LogP contribution in [0.15, 0.2) is 36.4 Å². The Morgan fingerprint density at radius 1 is 0.857 bits per heavy atom. The van der Waals surface area contributed by atoms with E-state index in [1.54, 1.807) is 13.0 Å². The number of aromatic hydroxyl groups is 1. The van der Waals surface area contributed by atoms with Crippen LogP contribution < -0.4 is 0 Å². The zero-order chi connectivity index (χ0) is 24.8. The molecule has 2 aromatic rings. The van der Waals surface area contributed by atoms with Gasteiger partial charge in [-0.1, -0.05) is 82.7 Å². The second-order valence-electron chi connectivity index (χ2n) is 11.1. The molecular formula is C32H43FO2. The minimum atomic E-state index is -0.711. The third-order valence-corrected chi connectivity index (χ3v) is 8.98. The average molecular weight is 479 g/mol. The lowest BCUT2D eigenvalue weighted by atomic mass is 9.68. The van der Waals surface area contributed by atoms with E-state index in [-0.39, 0.29) is 17.8 Å². The van der Waals surface area contributed by atoms with Gasteiger partial charge in [0.05, 0.1) is 5.56 Å². The Labute approximate surface area is 211 Å². The van der Waals surface area contributed by atoms with E-state index in [9.17, 15) is 14.3 Å². The average Bonchev–Trinajstić information content (AvgIpc) is 2.90. The normalized spacial score (nSPS) is 24.9. The van der Waals surface area contributed by atoms with E-state index in [0.717, 1.165) is 23.3 Å². The molecule has 0 heterocycles. The van der Waals surface area contributed by atoms with E-state index in [1.165, 1.54) is 88.7 Å². The van der Waals surface area contributed by atoms with E-state index in [2.05, 4.69) is 19.1 Å². The highest BCUT2D eigenvalue weighted by atomic mass is 19.1. The Kier molecular flexibility index (Phi) is 9.03. The highest BCUT2D eigenvalue weighted by Crippen LogP contribution is 2.45. The number of phenols is 1. The maximum atomic E-state index is 14.8. The predicted molar refractivity (Wildman–Crippen MR) is 142 cm³/mol. The van der Waals surface area contributed by atoms with Crippen LogP contribution in [0.25, 0.3) is 11.1 Å². The van der Waals surface area contributed by atoms with Gasteiger partial charge in [0.2, 0.25) is 0 Å². The van der Waals surface area contributed by atoms with Gasteiger partial charge in [-0.15, -0.1) is 0 Å². The first kappa shape index (κ1) is 25.9. The molecule has 0 aromatic heterocycles. The van der Waals surface area contributed by atoms with Crippen molar-refractivity contribution in [2.75, 3.05) is 0 Å². The number of benzene rings is 2. The van der Waals surface area contributed by atoms with Gasteiger partial charge in [0.25, 0.3) is 0 Å². The van der Waals surface area contributed by atoms with Gasteiger partial charge in [-0.3, -0.25) is 4.79 Å². The second-order valence-corrected chi connectivity index (χ2v) is 11.1. The summed E-state index contributed by atoms with van der Waals surface area (Å²) in [5.41, 5.74) is 2.48. The molecule has 0 saturated heterocycles. The number of carbonyl (C=O) groups excluding carboxylic acids is 1. The smallest absolute Gasteiger partial charge is 0.173 e. The molecule has 0 atom stereocenters. The summed E-state index contributed by atoms with van der Waals surface area (Å²) < 4.78 is 14.8. The molecule has 0 bridgehead atoms. The third-order valence-electron chi connectivity index (χ3n) is 8.98. The Balaban J connectivity index is 1.31. The van der Waals surface area contributed by atoms with Crippen LogP contribution in [0, 0.1) is 23.6 Å². The molecule has 35 heavy (non-hydrogen) atoms. The van der Waals surface area contributed by atoms with Gasteiger partial charge in [-0.05, 0) is 79.4 Å². The SMILES string of the molecule is CCCCCC1CCC(C2CCC(c3ccc(-c4ccc(C(=O)CC)c(O)c4F)cc3)CC2)CC1.